The van der Waals surface area contributed by atoms with Gasteiger partial charge >= 0.3 is 6.18 Å². The maximum absolute atomic E-state index is 13.6. The first-order chi connectivity index (χ1) is 22.7. The molecule has 48 heavy (non-hydrogen) atoms. The molecular formula is C29H31ClF3N9O6. The van der Waals surface area contributed by atoms with Crippen molar-refractivity contribution in [2.45, 2.75) is 31.2 Å². The lowest BCUT2D eigenvalue weighted by atomic mass is 9.90. The van der Waals surface area contributed by atoms with Crippen LogP contribution in [-0.4, -0.2) is 108 Å². The lowest BCUT2D eigenvalue weighted by molar-refractivity contribution is -0.155. The summed E-state index contributed by atoms with van der Waals surface area (Å²) in [6.45, 7) is 1.49. The molecule has 0 aliphatic carbocycles. The number of aliphatic hydroxyl groups is 1. The van der Waals surface area contributed by atoms with Crippen molar-refractivity contribution >= 4 is 41.5 Å². The molecule has 4 heterocycles. The van der Waals surface area contributed by atoms with Crippen LogP contribution in [0.2, 0.25) is 5.02 Å². The van der Waals surface area contributed by atoms with Crippen LogP contribution in [0.1, 0.15) is 39.5 Å². The zero-order valence-electron chi connectivity index (χ0n) is 25.5. The van der Waals surface area contributed by atoms with E-state index in [0.29, 0.717) is 25.9 Å². The van der Waals surface area contributed by atoms with Gasteiger partial charge < -0.3 is 35.2 Å². The topological polar surface area (TPSA) is 199 Å². The summed E-state index contributed by atoms with van der Waals surface area (Å²) in [5.41, 5.74) is -2.60. The minimum Gasteiger partial charge on any atom is -0.483 e. The number of anilines is 1. The molecule has 2 aliphatic heterocycles. The first-order valence-corrected chi connectivity index (χ1v) is 14.9. The van der Waals surface area contributed by atoms with Gasteiger partial charge in [0.2, 0.25) is 0 Å². The summed E-state index contributed by atoms with van der Waals surface area (Å²) >= 11 is 6.41. The van der Waals surface area contributed by atoms with E-state index in [4.69, 9.17) is 26.8 Å². The van der Waals surface area contributed by atoms with Crippen LogP contribution in [0.4, 0.5) is 18.9 Å². The summed E-state index contributed by atoms with van der Waals surface area (Å²) < 4.78 is 42.9. The number of piperidine rings is 1. The molecule has 1 aromatic carbocycles. The average molecular weight is 694 g/mol. The number of halogens is 4. The molecule has 0 radical (unpaired) electrons. The van der Waals surface area contributed by atoms with E-state index in [1.54, 1.807) is 15.9 Å². The van der Waals surface area contributed by atoms with Gasteiger partial charge in [-0.25, -0.2) is 4.98 Å². The number of rotatable bonds is 6. The number of piperazine rings is 1. The maximum Gasteiger partial charge on any atom is 0.435 e. The number of nitrogens with one attached hydrogen (secondary N) is 2. The Balaban J connectivity index is 0.00000167. The van der Waals surface area contributed by atoms with Gasteiger partial charge in [-0.05, 0) is 44.1 Å². The molecule has 4 N–H and O–H groups in total. The average Bonchev–Trinajstić information content (AvgIpc) is 3.65. The molecule has 3 amide bonds. The molecular weight excluding hydrogens is 663 g/mol. The van der Waals surface area contributed by atoms with Crippen LogP contribution in [-0.2, 0) is 29.4 Å². The number of imidazole rings is 1. The van der Waals surface area contributed by atoms with Crippen molar-refractivity contribution in [1.29, 1.82) is 5.26 Å². The molecule has 2 fully saturated rings. The molecule has 0 atom stereocenters. The second-order valence-electron chi connectivity index (χ2n) is 10.9. The number of alkyl halides is 3. The third-order valence-electron chi connectivity index (χ3n) is 7.87. The van der Waals surface area contributed by atoms with E-state index < -0.39 is 29.9 Å². The van der Waals surface area contributed by atoms with E-state index in [1.165, 1.54) is 29.8 Å². The van der Waals surface area contributed by atoms with Crippen LogP contribution in [0, 0.1) is 11.3 Å². The molecule has 2 aromatic heterocycles. The number of amides is 3. The predicted molar refractivity (Wildman–Crippen MR) is 163 cm³/mol. The number of hydrogen-bond acceptors (Lipinski definition) is 9. The van der Waals surface area contributed by atoms with Crippen LogP contribution in [0.15, 0.2) is 30.6 Å². The fourth-order valence-corrected chi connectivity index (χ4v) is 5.69. The Morgan fingerprint density at radius 1 is 1.17 bits per heavy atom. The number of carbonyl (C=O) groups excluding carboxylic acids is 3. The number of hydrogen-bond donors (Lipinski definition) is 4. The Hall–Kier alpha value is -4.99. The van der Waals surface area contributed by atoms with Gasteiger partial charge in [0, 0.05) is 45.1 Å². The first kappa shape index (κ1) is 35.9. The zero-order chi connectivity index (χ0) is 35.2. The predicted octanol–water partition coefficient (Wildman–Crippen LogP) is 1.83. The summed E-state index contributed by atoms with van der Waals surface area (Å²) in [5, 5.41) is 35.7. The van der Waals surface area contributed by atoms with Gasteiger partial charge in [0.05, 0.1) is 34.1 Å². The number of carbonyl (C=O) groups is 4. The van der Waals surface area contributed by atoms with Crippen molar-refractivity contribution in [3.05, 3.63) is 52.7 Å². The highest BCUT2D eigenvalue weighted by molar-refractivity contribution is 6.34. The Labute approximate surface area is 276 Å². The highest BCUT2D eigenvalue weighted by Crippen LogP contribution is 2.36. The van der Waals surface area contributed by atoms with E-state index >= 15 is 0 Å². The monoisotopic (exact) mass is 693 g/mol. The number of benzene rings is 1. The molecule has 0 bridgehead atoms. The highest BCUT2D eigenvalue weighted by atomic mass is 35.5. The Kier molecular flexibility index (Phi) is 11.1. The number of nitriles is 1. The van der Waals surface area contributed by atoms with Crippen molar-refractivity contribution in [1.82, 2.24) is 34.4 Å². The van der Waals surface area contributed by atoms with E-state index in [2.05, 4.69) is 20.7 Å². The zero-order valence-corrected chi connectivity index (χ0v) is 26.3. The van der Waals surface area contributed by atoms with Crippen LogP contribution in [0.5, 0.6) is 0 Å². The molecule has 15 nitrogen and oxygen atoms in total. The van der Waals surface area contributed by atoms with Crippen LogP contribution in [0.3, 0.4) is 0 Å². The number of nitrogens with zero attached hydrogens (tertiary/aromatic N) is 7. The lowest BCUT2D eigenvalue weighted by Crippen LogP contribution is -2.59. The Morgan fingerprint density at radius 3 is 2.38 bits per heavy atom. The Bertz CT molecular complexity index is 1720. The third kappa shape index (κ3) is 7.75. The quantitative estimate of drug-likeness (QED) is 0.276. The first-order valence-electron chi connectivity index (χ1n) is 14.5. The SMILES string of the molecule is Cn1c(-c2cn(CC#N)nc2C(F)(F)F)cnc1C(=O)Nc1ccc(C(=O)N2CCN(C(=O)C3(O)CCNCC3)CC2)c(Cl)c1.O=CO. The maximum atomic E-state index is 13.6. The molecule has 0 unspecified atom stereocenters. The van der Waals surface area contributed by atoms with E-state index in [1.807, 2.05) is 0 Å². The molecule has 2 aliphatic rings. The van der Waals surface area contributed by atoms with Gasteiger partial charge in [0.15, 0.2) is 11.5 Å². The summed E-state index contributed by atoms with van der Waals surface area (Å²) in [7, 11) is 1.37. The molecule has 256 valence electrons. The van der Waals surface area contributed by atoms with Crippen molar-refractivity contribution < 1.29 is 42.6 Å². The second kappa shape index (κ2) is 14.8. The van der Waals surface area contributed by atoms with E-state index in [9.17, 15) is 32.7 Å². The summed E-state index contributed by atoms with van der Waals surface area (Å²) in [4.78, 5) is 54.6. The van der Waals surface area contributed by atoms with Crippen molar-refractivity contribution in [2.75, 3.05) is 44.6 Å². The third-order valence-corrected chi connectivity index (χ3v) is 8.18. The number of aromatic nitrogens is 4. The fourth-order valence-electron chi connectivity index (χ4n) is 5.43. The van der Waals surface area contributed by atoms with Crippen molar-refractivity contribution in [3.63, 3.8) is 0 Å². The van der Waals surface area contributed by atoms with Crippen molar-refractivity contribution in [2.24, 2.45) is 7.05 Å². The standard InChI is InChI=1S/C28H29ClF3N9O4.CH2O2/c1-38-21(19-16-41(9-6-33)37-22(19)28(30,31)32)15-35-23(38)24(42)36-17-2-3-18(20(29)14-17)25(43)39-10-12-40(13-11-39)26(44)27(45)4-7-34-8-5-27;2-1-3/h2-3,14-16,34,45H,4-5,7-13H2,1H3,(H,36,42);1H,(H,2,3). The number of carboxylic acid groups (broad SMARTS) is 1. The fraction of sp³-hybridized carbons (Fsp3) is 0.414. The highest BCUT2D eigenvalue weighted by Gasteiger charge is 2.41. The van der Waals surface area contributed by atoms with Crippen molar-refractivity contribution in [3.8, 4) is 17.3 Å². The van der Waals surface area contributed by atoms with E-state index in [-0.39, 0.29) is 77.8 Å². The van der Waals surface area contributed by atoms with E-state index in [0.717, 1.165) is 17.1 Å². The van der Waals surface area contributed by atoms with Gasteiger partial charge in [0.1, 0.15) is 12.1 Å². The largest absolute Gasteiger partial charge is 0.483 e. The summed E-state index contributed by atoms with van der Waals surface area (Å²) in [6, 6.07) is 6.01. The van der Waals surface area contributed by atoms with Crippen LogP contribution in [0.25, 0.3) is 11.3 Å². The summed E-state index contributed by atoms with van der Waals surface area (Å²) in [6.07, 6.45) is -1.97. The van der Waals surface area contributed by atoms with Gasteiger partial charge in [-0.1, -0.05) is 11.6 Å². The second-order valence-corrected chi connectivity index (χ2v) is 11.3. The van der Waals surface area contributed by atoms with Gasteiger partial charge in [-0.15, -0.1) is 0 Å². The molecule has 5 rings (SSSR count). The van der Waals surface area contributed by atoms with Gasteiger partial charge in [0.25, 0.3) is 24.2 Å². The van der Waals surface area contributed by atoms with Gasteiger partial charge in [-0.3, -0.25) is 23.9 Å². The normalized spacial score (nSPS) is 15.9. The minimum absolute atomic E-state index is 0.0395. The molecule has 2 saturated heterocycles. The van der Waals surface area contributed by atoms with Crippen LogP contribution >= 0.6 is 11.6 Å². The molecule has 0 saturated carbocycles. The summed E-state index contributed by atoms with van der Waals surface area (Å²) in [5.74, 6) is -1.64. The smallest absolute Gasteiger partial charge is 0.435 e. The van der Waals surface area contributed by atoms with Gasteiger partial charge in [-0.2, -0.15) is 23.5 Å². The Morgan fingerprint density at radius 2 is 1.79 bits per heavy atom. The minimum atomic E-state index is -4.81. The molecule has 19 heteroatoms. The lowest BCUT2D eigenvalue weighted by Gasteiger charge is -2.40. The van der Waals surface area contributed by atoms with Crippen LogP contribution < -0.4 is 10.6 Å². The molecule has 0 spiro atoms. The molecule has 3 aromatic rings.